The van der Waals surface area contributed by atoms with Crippen LogP contribution in [0.5, 0.6) is 5.75 Å². The summed E-state index contributed by atoms with van der Waals surface area (Å²) in [5.74, 6) is 0.348. The molecule has 2 aromatic carbocycles. The summed E-state index contributed by atoms with van der Waals surface area (Å²) in [6, 6.07) is 14.8. The second-order valence-corrected chi connectivity index (χ2v) is 14.0. The molecule has 11 nitrogen and oxygen atoms in total. The molecule has 3 N–H and O–H groups in total. The van der Waals surface area contributed by atoms with Gasteiger partial charge in [0.15, 0.2) is 0 Å². The summed E-state index contributed by atoms with van der Waals surface area (Å²) in [4.78, 5) is 4.61. The number of rotatable bonds is 10. The van der Waals surface area contributed by atoms with Crippen molar-refractivity contribution in [3.63, 3.8) is 0 Å². The monoisotopic (exact) mass is 590 g/mol. The predicted octanol–water partition coefficient (Wildman–Crippen LogP) is 1.48. The van der Waals surface area contributed by atoms with Crippen molar-refractivity contribution in [3.05, 3.63) is 60.8 Å². The Morgan fingerprint density at radius 1 is 1.10 bits per heavy atom. The highest BCUT2D eigenvalue weighted by Crippen LogP contribution is 2.37. The van der Waals surface area contributed by atoms with Gasteiger partial charge in [-0.2, -0.15) is 4.31 Å². The summed E-state index contributed by atoms with van der Waals surface area (Å²) in [6.07, 6.45) is 2.78. The van der Waals surface area contributed by atoms with E-state index in [1.165, 1.54) is 23.5 Å². The van der Waals surface area contributed by atoms with Crippen molar-refractivity contribution >= 4 is 30.9 Å². The Hall–Kier alpha value is -2.65. The number of pyridine rings is 1. The normalized spacial score (nSPS) is 20.6. The van der Waals surface area contributed by atoms with Gasteiger partial charge in [0.05, 0.1) is 27.5 Å². The number of nitrogens with one attached hydrogen (secondary N) is 2. The van der Waals surface area contributed by atoms with Crippen LogP contribution in [-0.2, 0) is 24.8 Å². The first-order chi connectivity index (χ1) is 19.1. The molecule has 0 amide bonds. The largest absolute Gasteiger partial charge is 0.491 e. The minimum atomic E-state index is -3.63. The summed E-state index contributed by atoms with van der Waals surface area (Å²) >= 11 is 0. The lowest BCUT2D eigenvalue weighted by atomic mass is 9.88. The zero-order chi connectivity index (χ0) is 28.4. The molecular weight excluding hydrogens is 556 g/mol. The lowest BCUT2D eigenvalue weighted by Crippen LogP contribution is -2.47. The highest BCUT2D eigenvalue weighted by Gasteiger charge is 2.44. The number of aromatic nitrogens is 1. The van der Waals surface area contributed by atoms with E-state index in [-0.39, 0.29) is 29.0 Å². The third-order valence-corrected chi connectivity index (χ3v) is 10.8. The Balaban J connectivity index is 1.09. The Labute approximate surface area is 234 Å². The zero-order valence-corrected chi connectivity index (χ0v) is 23.8. The van der Waals surface area contributed by atoms with E-state index in [0.29, 0.717) is 38.3 Å². The van der Waals surface area contributed by atoms with Gasteiger partial charge in [-0.25, -0.2) is 21.6 Å². The first kappa shape index (κ1) is 28.9. The maximum Gasteiger partial charge on any atom is 0.243 e. The topological polar surface area (TPSA) is 147 Å². The number of hydrogen-bond donors (Lipinski definition) is 3. The van der Waals surface area contributed by atoms with Crippen molar-refractivity contribution in [1.29, 1.82) is 0 Å². The van der Waals surface area contributed by atoms with E-state index in [4.69, 9.17) is 9.47 Å². The van der Waals surface area contributed by atoms with Crippen LogP contribution < -0.4 is 14.8 Å². The van der Waals surface area contributed by atoms with Crippen LogP contribution in [-0.4, -0.2) is 88.9 Å². The number of aliphatic hydroxyl groups excluding tert-OH is 1. The Kier molecular flexibility index (Phi) is 8.43. The van der Waals surface area contributed by atoms with E-state index in [1.54, 1.807) is 42.6 Å². The molecule has 2 saturated heterocycles. The van der Waals surface area contributed by atoms with Crippen LogP contribution >= 0.6 is 0 Å². The molecule has 1 aromatic heterocycles. The SMILES string of the molecule is CNS(=O)(=O)c1cccc(OC[C@@H](O)CNC2COC3(CCN(S(=O)(=O)c4ccc5ncccc5c4)CC3)C2)c1. The highest BCUT2D eigenvalue weighted by atomic mass is 32.2. The molecule has 216 valence electrons. The van der Waals surface area contributed by atoms with Gasteiger partial charge in [-0.1, -0.05) is 12.1 Å². The van der Waals surface area contributed by atoms with Crippen molar-refractivity contribution in [3.8, 4) is 5.75 Å². The highest BCUT2D eigenvalue weighted by molar-refractivity contribution is 7.89. The van der Waals surface area contributed by atoms with E-state index >= 15 is 0 Å². The van der Waals surface area contributed by atoms with Gasteiger partial charge in [0.1, 0.15) is 18.5 Å². The molecule has 3 heterocycles. The van der Waals surface area contributed by atoms with Crippen molar-refractivity contribution in [2.45, 2.75) is 46.8 Å². The summed E-state index contributed by atoms with van der Waals surface area (Å²) in [5.41, 5.74) is 0.361. The maximum atomic E-state index is 13.3. The van der Waals surface area contributed by atoms with Gasteiger partial charge >= 0.3 is 0 Å². The third-order valence-electron chi connectivity index (χ3n) is 7.52. The average molecular weight is 591 g/mol. The van der Waals surface area contributed by atoms with E-state index in [0.717, 1.165) is 17.3 Å². The molecule has 0 bridgehead atoms. The molecule has 40 heavy (non-hydrogen) atoms. The van der Waals surface area contributed by atoms with Gasteiger partial charge in [0.25, 0.3) is 0 Å². The molecule has 0 aliphatic carbocycles. The van der Waals surface area contributed by atoms with E-state index < -0.39 is 31.8 Å². The summed E-state index contributed by atoms with van der Waals surface area (Å²) in [7, 11) is -5.87. The number of aliphatic hydroxyl groups is 1. The summed E-state index contributed by atoms with van der Waals surface area (Å²) < 4.78 is 66.1. The Morgan fingerprint density at radius 3 is 2.67 bits per heavy atom. The lowest BCUT2D eigenvalue weighted by molar-refractivity contribution is -0.0312. The van der Waals surface area contributed by atoms with Crippen molar-refractivity contribution < 1.29 is 31.4 Å². The summed E-state index contributed by atoms with van der Waals surface area (Å²) in [5, 5.41) is 14.5. The zero-order valence-electron chi connectivity index (χ0n) is 22.2. The molecular formula is C27H34N4O7S2. The quantitative estimate of drug-likeness (QED) is 0.319. The van der Waals surface area contributed by atoms with Crippen LogP contribution in [0.1, 0.15) is 19.3 Å². The molecule has 2 aliphatic heterocycles. The average Bonchev–Trinajstić information content (AvgIpc) is 3.37. The van der Waals surface area contributed by atoms with Gasteiger partial charge in [-0.05, 0) is 62.7 Å². The fraction of sp³-hybridized carbons (Fsp3) is 0.444. The molecule has 1 unspecified atom stereocenters. The van der Waals surface area contributed by atoms with Gasteiger partial charge in [0, 0.05) is 43.3 Å². The van der Waals surface area contributed by atoms with E-state index in [1.807, 2.05) is 6.07 Å². The van der Waals surface area contributed by atoms with Crippen molar-refractivity contribution in [2.24, 2.45) is 0 Å². The van der Waals surface area contributed by atoms with E-state index in [9.17, 15) is 21.9 Å². The van der Waals surface area contributed by atoms with Gasteiger partial charge in [-0.15, -0.1) is 0 Å². The molecule has 2 atom stereocenters. The Bertz CT molecular complexity index is 1560. The second-order valence-electron chi connectivity index (χ2n) is 10.2. The number of fused-ring (bicyclic) bond motifs is 1. The number of hydrogen-bond acceptors (Lipinski definition) is 9. The smallest absolute Gasteiger partial charge is 0.243 e. The fourth-order valence-electron chi connectivity index (χ4n) is 5.22. The van der Waals surface area contributed by atoms with Crippen LogP contribution in [0, 0.1) is 0 Å². The minimum absolute atomic E-state index is 0.00751. The fourth-order valence-corrected chi connectivity index (χ4v) is 7.47. The first-order valence-corrected chi connectivity index (χ1v) is 16.1. The summed E-state index contributed by atoms with van der Waals surface area (Å²) in [6.45, 7) is 1.49. The van der Waals surface area contributed by atoms with Crippen molar-refractivity contribution in [2.75, 3.05) is 39.9 Å². The van der Waals surface area contributed by atoms with Gasteiger partial charge in [-0.3, -0.25) is 4.98 Å². The van der Waals surface area contributed by atoms with Crippen LogP contribution in [0.25, 0.3) is 10.9 Å². The maximum absolute atomic E-state index is 13.3. The lowest BCUT2D eigenvalue weighted by Gasteiger charge is -2.38. The van der Waals surface area contributed by atoms with Crippen LogP contribution in [0.2, 0.25) is 0 Å². The van der Waals surface area contributed by atoms with Crippen LogP contribution in [0.3, 0.4) is 0 Å². The second kappa shape index (κ2) is 11.7. The van der Waals surface area contributed by atoms with E-state index in [2.05, 4.69) is 15.0 Å². The number of benzene rings is 2. The first-order valence-electron chi connectivity index (χ1n) is 13.2. The van der Waals surface area contributed by atoms with Crippen molar-refractivity contribution in [1.82, 2.24) is 19.3 Å². The minimum Gasteiger partial charge on any atom is -0.491 e. The molecule has 3 aromatic rings. The molecule has 0 saturated carbocycles. The van der Waals surface area contributed by atoms with Crippen LogP contribution in [0.4, 0.5) is 0 Å². The van der Waals surface area contributed by atoms with Gasteiger partial charge in [0.2, 0.25) is 20.0 Å². The predicted molar refractivity (Wildman–Crippen MR) is 149 cm³/mol. The molecule has 2 fully saturated rings. The number of nitrogens with zero attached hydrogens (tertiary/aromatic N) is 2. The van der Waals surface area contributed by atoms with Gasteiger partial charge < -0.3 is 19.9 Å². The number of piperidine rings is 1. The number of sulfonamides is 2. The Morgan fingerprint density at radius 2 is 1.90 bits per heavy atom. The number of ether oxygens (including phenoxy) is 2. The third kappa shape index (κ3) is 6.30. The molecule has 1 spiro atoms. The van der Waals surface area contributed by atoms with Crippen LogP contribution in [0.15, 0.2) is 70.6 Å². The molecule has 5 rings (SSSR count). The molecule has 0 radical (unpaired) electrons. The molecule has 2 aliphatic rings. The standard InChI is InChI=1S/C27H34N4O7S2/c1-28-39(33,34)24-6-2-5-23(15-24)37-19-22(32)17-30-21-16-27(38-18-21)9-12-31(13-10-27)40(35,36)25-7-8-26-20(14-25)4-3-11-29-26/h2-8,11,14-15,21-22,28,30,32H,9-10,12-13,16-19H2,1H3/t21?,22-/m0/s1. The molecule has 13 heteroatoms.